The van der Waals surface area contributed by atoms with Crippen LogP contribution in [0.3, 0.4) is 0 Å². The van der Waals surface area contributed by atoms with E-state index in [1.165, 1.54) is 5.56 Å². The van der Waals surface area contributed by atoms with Crippen molar-refractivity contribution in [1.82, 2.24) is 15.0 Å². The molecule has 0 radical (unpaired) electrons. The highest BCUT2D eigenvalue weighted by Crippen LogP contribution is 2.23. The summed E-state index contributed by atoms with van der Waals surface area (Å²) in [5, 5.41) is 4.09. The van der Waals surface area contributed by atoms with Crippen molar-refractivity contribution in [3.05, 3.63) is 77.7 Å². The molecule has 1 aliphatic rings. The van der Waals surface area contributed by atoms with Crippen LogP contribution in [0, 0.1) is 12.8 Å². The molecule has 0 spiro atoms. The first-order chi connectivity index (χ1) is 14.2. The van der Waals surface area contributed by atoms with Crippen LogP contribution in [-0.2, 0) is 11.2 Å². The van der Waals surface area contributed by atoms with Crippen LogP contribution in [0.4, 0.5) is 0 Å². The van der Waals surface area contributed by atoms with E-state index >= 15 is 0 Å². The summed E-state index contributed by atoms with van der Waals surface area (Å²) in [5.74, 6) is 1.85. The molecule has 0 unspecified atom stereocenters. The Morgan fingerprint density at radius 2 is 1.83 bits per heavy atom. The van der Waals surface area contributed by atoms with Gasteiger partial charge in [-0.2, -0.15) is 4.98 Å². The van der Waals surface area contributed by atoms with Crippen molar-refractivity contribution in [2.24, 2.45) is 5.92 Å². The van der Waals surface area contributed by atoms with E-state index in [1.54, 1.807) is 6.08 Å². The molecule has 3 aromatic rings. The van der Waals surface area contributed by atoms with Gasteiger partial charge in [-0.1, -0.05) is 65.3 Å². The fourth-order valence-electron chi connectivity index (χ4n) is 3.60. The lowest BCUT2D eigenvalue weighted by atomic mass is 9.93. The van der Waals surface area contributed by atoms with Gasteiger partial charge >= 0.3 is 0 Å². The second-order valence-corrected chi connectivity index (χ2v) is 7.59. The van der Waals surface area contributed by atoms with Crippen LogP contribution in [0.5, 0.6) is 0 Å². The molecular weight excluding hydrogens is 362 g/mol. The number of likely N-dealkylation sites (tertiary alicyclic amines) is 1. The van der Waals surface area contributed by atoms with Gasteiger partial charge in [0, 0.05) is 31.1 Å². The molecule has 1 aromatic heterocycles. The van der Waals surface area contributed by atoms with Crippen molar-refractivity contribution >= 4 is 12.0 Å². The first-order valence-corrected chi connectivity index (χ1v) is 10.1. The number of nitrogens with zero attached hydrogens (tertiary/aromatic N) is 3. The number of rotatable bonds is 5. The predicted molar refractivity (Wildman–Crippen MR) is 113 cm³/mol. The van der Waals surface area contributed by atoms with Crippen molar-refractivity contribution in [2.45, 2.75) is 26.2 Å². The molecule has 0 N–H and O–H groups in total. The predicted octanol–water partition coefficient (Wildman–Crippen LogP) is 4.54. The molecule has 0 atom stereocenters. The summed E-state index contributed by atoms with van der Waals surface area (Å²) >= 11 is 0. The van der Waals surface area contributed by atoms with Crippen LogP contribution >= 0.6 is 0 Å². The monoisotopic (exact) mass is 387 g/mol. The Balaban J connectivity index is 1.28. The number of carbonyl (C=O) groups is 1. The topological polar surface area (TPSA) is 59.2 Å². The van der Waals surface area contributed by atoms with Gasteiger partial charge in [0.25, 0.3) is 0 Å². The van der Waals surface area contributed by atoms with Crippen LogP contribution in [0.2, 0.25) is 0 Å². The highest BCUT2D eigenvalue weighted by Gasteiger charge is 2.23. The number of benzene rings is 2. The Hall–Kier alpha value is -3.21. The molecule has 29 heavy (non-hydrogen) atoms. The van der Waals surface area contributed by atoms with Crippen LogP contribution in [0.1, 0.15) is 29.9 Å². The van der Waals surface area contributed by atoms with Crippen LogP contribution in [0.25, 0.3) is 17.5 Å². The third kappa shape index (κ3) is 4.99. The summed E-state index contributed by atoms with van der Waals surface area (Å²) in [7, 11) is 0. The maximum absolute atomic E-state index is 12.5. The Bertz CT molecular complexity index is 969. The van der Waals surface area contributed by atoms with Gasteiger partial charge in [-0.25, -0.2) is 0 Å². The maximum atomic E-state index is 12.5. The Kier molecular flexibility index (Phi) is 5.84. The lowest BCUT2D eigenvalue weighted by Gasteiger charge is -2.30. The first-order valence-electron chi connectivity index (χ1n) is 10.1. The van der Waals surface area contributed by atoms with Gasteiger partial charge < -0.3 is 9.42 Å². The molecule has 0 aliphatic carbocycles. The van der Waals surface area contributed by atoms with E-state index in [1.807, 2.05) is 53.4 Å². The normalized spacial score (nSPS) is 15.1. The summed E-state index contributed by atoms with van der Waals surface area (Å²) in [4.78, 5) is 18.9. The largest absolute Gasteiger partial charge is 0.339 e. The van der Waals surface area contributed by atoms with Crippen molar-refractivity contribution in [2.75, 3.05) is 13.1 Å². The average molecular weight is 387 g/mol. The number of carbonyl (C=O) groups excluding carboxylic acids is 1. The maximum Gasteiger partial charge on any atom is 0.246 e. The van der Waals surface area contributed by atoms with Crippen molar-refractivity contribution in [1.29, 1.82) is 0 Å². The van der Waals surface area contributed by atoms with Crippen LogP contribution < -0.4 is 0 Å². The van der Waals surface area contributed by atoms with Gasteiger partial charge in [-0.05, 0) is 37.3 Å². The van der Waals surface area contributed by atoms with Gasteiger partial charge in [-0.3, -0.25) is 4.79 Å². The quantitative estimate of drug-likeness (QED) is 0.603. The molecule has 0 saturated carbocycles. The summed E-state index contributed by atoms with van der Waals surface area (Å²) in [6.07, 6.45) is 6.23. The number of piperidine rings is 1. The lowest BCUT2D eigenvalue weighted by molar-refractivity contribution is -0.127. The molecule has 148 valence electrons. The average Bonchev–Trinajstić information content (AvgIpc) is 3.23. The third-order valence-corrected chi connectivity index (χ3v) is 5.39. The molecule has 1 aliphatic heterocycles. The Morgan fingerprint density at radius 3 is 2.55 bits per heavy atom. The summed E-state index contributed by atoms with van der Waals surface area (Å²) in [5.41, 5.74) is 3.22. The van der Waals surface area contributed by atoms with Crippen LogP contribution in [-0.4, -0.2) is 34.0 Å². The number of hydrogen-bond acceptors (Lipinski definition) is 4. The molecular formula is C24H25N3O2. The van der Waals surface area contributed by atoms with Gasteiger partial charge in [0.1, 0.15) is 0 Å². The Labute approximate surface area is 171 Å². The van der Waals surface area contributed by atoms with Gasteiger partial charge in [0.2, 0.25) is 17.6 Å². The van der Waals surface area contributed by atoms with Gasteiger partial charge in [-0.15, -0.1) is 0 Å². The lowest BCUT2D eigenvalue weighted by Crippen LogP contribution is -2.38. The molecule has 1 amide bonds. The second-order valence-electron chi connectivity index (χ2n) is 7.59. The molecule has 5 heteroatoms. The summed E-state index contributed by atoms with van der Waals surface area (Å²) in [6.45, 7) is 3.59. The van der Waals surface area contributed by atoms with E-state index < -0.39 is 0 Å². The van der Waals surface area contributed by atoms with Crippen molar-refractivity contribution in [3.63, 3.8) is 0 Å². The number of amides is 1. The number of hydrogen-bond donors (Lipinski definition) is 0. The van der Waals surface area contributed by atoms with Gasteiger partial charge in [0.15, 0.2) is 0 Å². The van der Waals surface area contributed by atoms with E-state index in [4.69, 9.17) is 4.52 Å². The highest BCUT2D eigenvalue weighted by molar-refractivity contribution is 5.91. The minimum absolute atomic E-state index is 0.0770. The molecule has 1 saturated heterocycles. The molecule has 2 aromatic carbocycles. The molecule has 4 rings (SSSR count). The van der Waals surface area contributed by atoms with Crippen molar-refractivity contribution < 1.29 is 9.32 Å². The van der Waals surface area contributed by atoms with E-state index in [9.17, 15) is 4.79 Å². The first kappa shape index (κ1) is 19.1. The van der Waals surface area contributed by atoms with E-state index in [-0.39, 0.29) is 5.91 Å². The zero-order chi connectivity index (χ0) is 20.1. The zero-order valence-electron chi connectivity index (χ0n) is 16.6. The Morgan fingerprint density at radius 1 is 1.10 bits per heavy atom. The van der Waals surface area contributed by atoms with E-state index in [2.05, 4.69) is 29.2 Å². The van der Waals surface area contributed by atoms with E-state index in [0.717, 1.165) is 43.5 Å². The summed E-state index contributed by atoms with van der Waals surface area (Å²) < 4.78 is 5.44. The third-order valence-electron chi connectivity index (χ3n) is 5.39. The molecule has 2 heterocycles. The summed E-state index contributed by atoms with van der Waals surface area (Å²) in [6, 6.07) is 18.0. The fraction of sp³-hybridized carbons (Fsp3) is 0.292. The minimum Gasteiger partial charge on any atom is -0.339 e. The van der Waals surface area contributed by atoms with Gasteiger partial charge in [0.05, 0.1) is 0 Å². The zero-order valence-corrected chi connectivity index (χ0v) is 16.6. The molecule has 0 bridgehead atoms. The second kappa shape index (κ2) is 8.86. The standard InChI is InChI=1S/C24H25N3O2/c1-18-7-9-19(10-8-18)11-12-23(28)27-15-13-20(14-16-27)17-22-25-24(26-29-22)21-5-3-2-4-6-21/h2-12,20H,13-17H2,1H3/b12-11+. The molecule has 1 fully saturated rings. The fourth-order valence-corrected chi connectivity index (χ4v) is 3.60. The highest BCUT2D eigenvalue weighted by atomic mass is 16.5. The minimum atomic E-state index is 0.0770. The van der Waals surface area contributed by atoms with Crippen LogP contribution in [0.15, 0.2) is 65.2 Å². The van der Waals surface area contributed by atoms with Crippen molar-refractivity contribution in [3.8, 4) is 11.4 Å². The van der Waals surface area contributed by atoms with E-state index in [0.29, 0.717) is 17.6 Å². The number of aromatic nitrogens is 2. The smallest absolute Gasteiger partial charge is 0.246 e. The number of aryl methyl sites for hydroxylation is 1. The molecule has 5 nitrogen and oxygen atoms in total. The SMILES string of the molecule is Cc1ccc(/C=C/C(=O)N2CCC(Cc3nc(-c4ccccc4)no3)CC2)cc1.